The van der Waals surface area contributed by atoms with Crippen LogP contribution in [-0.4, -0.2) is 41.3 Å². The van der Waals surface area contributed by atoms with Gasteiger partial charge in [-0.3, -0.25) is 19.0 Å². The molecular formula is C30H26F2N8O2S. The summed E-state index contributed by atoms with van der Waals surface area (Å²) in [5.41, 5.74) is 9.98. The molecule has 0 atom stereocenters. The van der Waals surface area contributed by atoms with Crippen LogP contribution in [0.1, 0.15) is 50.5 Å². The van der Waals surface area contributed by atoms with E-state index in [2.05, 4.69) is 20.5 Å². The van der Waals surface area contributed by atoms with Crippen molar-refractivity contribution in [3.8, 4) is 22.4 Å². The Hall–Kier alpha value is -5.04. The van der Waals surface area contributed by atoms with E-state index in [1.807, 2.05) is 27.0 Å². The highest BCUT2D eigenvalue weighted by Gasteiger charge is 2.27. The number of aromatic nitrogens is 6. The van der Waals surface area contributed by atoms with E-state index < -0.39 is 23.9 Å². The number of carbonyl (C=O) groups is 2. The monoisotopic (exact) mass is 600 g/mol. The van der Waals surface area contributed by atoms with E-state index in [1.165, 1.54) is 6.07 Å². The maximum absolute atomic E-state index is 14.1. The van der Waals surface area contributed by atoms with Crippen molar-refractivity contribution in [2.75, 3.05) is 5.32 Å². The van der Waals surface area contributed by atoms with Gasteiger partial charge in [0.1, 0.15) is 15.4 Å². The molecule has 6 rings (SSSR count). The van der Waals surface area contributed by atoms with Crippen LogP contribution in [0.25, 0.3) is 43.5 Å². The molecule has 0 saturated carbocycles. The zero-order valence-corrected chi connectivity index (χ0v) is 24.5. The first-order valence-corrected chi connectivity index (χ1v) is 14.2. The zero-order chi connectivity index (χ0) is 30.6. The van der Waals surface area contributed by atoms with E-state index >= 15 is 0 Å². The number of anilines is 1. The number of hydrogen-bond donors (Lipinski definition) is 2. The molecule has 13 heteroatoms. The number of carbonyl (C=O) groups excluding carboxylic acids is 2. The van der Waals surface area contributed by atoms with Crippen molar-refractivity contribution in [1.82, 2.24) is 29.5 Å². The van der Waals surface area contributed by atoms with Gasteiger partial charge < -0.3 is 11.1 Å². The standard InChI is InChI=1S/C30H26F2N8O2S/c1-5-40-13-20(14(2)38-40)17-10-23(27(31)32)36-30-24(17)25(26(43-30)28(33)41)37-29(42)18-11-22(19-12-34-39(4)15(19)3)35-21-9-7-6-8-16(18)21/h6-13,27H,5H2,1-4H3,(H2,33,41)(H,37,42). The Morgan fingerprint density at radius 3 is 2.51 bits per heavy atom. The van der Waals surface area contributed by atoms with E-state index in [0.29, 0.717) is 50.9 Å². The van der Waals surface area contributed by atoms with Crippen molar-refractivity contribution in [3.63, 3.8) is 0 Å². The number of halogens is 2. The van der Waals surface area contributed by atoms with Crippen molar-refractivity contribution in [2.24, 2.45) is 12.8 Å². The molecule has 0 spiro atoms. The van der Waals surface area contributed by atoms with Gasteiger partial charge in [-0.15, -0.1) is 11.3 Å². The first-order chi connectivity index (χ1) is 20.6. The van der Waals surface area contributed by atoms with E-state index in [4.69, 9.17) is 10.7 Å². The van der Waals surface area contributed by atoms with Crippen LogP contribution in [0.4, 0.5) is 14.5 Å². The van der Waals surface area contributed by atoms with E-state index in [9.17, 15) is 18.4 Å². The number of nitrogens with one attached hydrogen (secondary N) is 1. The fourth-order valence-electron chi connectivity index (χ4n) is 5.11. The first kappa shape index (κ1) is 28.1. The summed E-state index contributed by atoms with van der Waals surface area (Å²) < 4.78 is 31.3. The van der Waals surface area contributed by atoms with Crippen molar-refractivity contribution in [1.29, 1.82) is 0 Å². The second kappa shape index (κ2) is 10.7. The molecular weight excluding hydrogens is 574 g/mol. The fourth-order valence-corrected chi connectivity index (χ4v) is 6.13. The second-order valence-electron chi connectivity index (χ2n) is 10.0. The Labute approximate surface area is 248 Å². The molecule has 43 heavy (non-hydrogen) atoms. The fraction of sp³-hybridized carbons (Fsp3) is 0.200. The minimum Gasteiger partial charge on any atom is -0.365 e. The lowest BCUT2D eigenvalue weighted by atomic mass is 10.0. The number of nitrogens with zero attached hydrogens (tertiary/aromatic N) is 6. The van der Waals surface area contributed by atoms with Crippen LogP contribution in [0.2, 0.25) is 0 Å². The molecule has 5 aromatic heterocycles. The average Bonchev–Trinajstić information content (AvgIpc) is 3.66. The smallest absolute Gasteiger partial charge is 0.280 e. The highest BCUT2D eigenvalue weighted by atomic mass is 32.1. The number of alkyl halides is 2. The highest BCUT2D eigenvalue weighted by molar-refractivity contribution is 7.21. The van der Waals surface area contributed by atoms with Crippen molar-refractivity contribution < 1.29 is 18.4 Å². The number of rotatable bonds is 7. The van der Waals surface area contributed by atoms with Crippen LogP contribution in [0, 0.1) is 13.8 Å². The molecule has 0 bridgehead atoms. The topological polar surface area (TPSA) is 134 Å². The van der Waals surface area contributed by atoms with Gasteiger partial charge in [0.05, 0.1) is 34.4 Å². The summed E-state index contributed by atoms with van der Waals surface area (Å²) in [5, 5.41) is 12.6. The van der Waals surface area contributed by atoms with Gasteiger partial charge in [0.2, 0.25) is 0 Å². The Kier molecular flexibility index (Phi) is 6.97. The number of nitrogens with two attached hydrogens (primary N) is 1. The van der Waals surface area contributed by atoms with Gasteiger partial charge >= 0.3 is 0 Å². The summed E-state index contributed by atoms with van der Waals surface area (Å²) in [4.78, 5) is 35.8. The quantitative estimate of drug-likeness (QED) is 0.230. The van der Waals surface area contributed by atoms with Crippen LogP contribution >= 0.6 is 11.3 Å². The number of fused-ring (bicyclic) bond motifs is 2. The molecule has 0 saturated heterocycles. The number of benzene rings is 1. The van der Waals surface area contributed by atoms with Gasteiger partial charge in [-0.25, -0.2) is 18.7 Å². The van der Waals surface area contributed by atoms with Crippen molar-refractivity contribution in [2.45, 2.75) is 33.7 Å². The predicted octanol–water partition coefficient (Wildman–Crippen LogP) is 6.03. The third kappa shape index (κ3) is 4.80. The zero-order valence-electron chi connectivity index (χ0n) is 23.6. The Balaban J connectivity index is 1.57. The number of hydrogen-bond acceptors (Lipinski definition) is 7. The van der Waals surface area contributed by atoms with Crippen LogP contribution in [-0.2, 0) is 13.6 Å². The van der Waals surface area contributed by atoms with Gasteiger partial charge in [-0.1, -0.05) is 18.2 Å². The van der Waals surface area contributed by atoms with Gasteiger partial charge in [-0.2, -0.15) is 10.2 Å². The summed E-state index contributed by atoms with van der Waals surface area (Å²) in [5.74, 6) is -1.36. The highest BCUT2D eigenvalue weighted by Crippen LogP contribution is 2.43. The maximum atomic E-state index is 14.1. The van der Waals surface area contributed by atoms with Crippen LogP contribution in [0.5, 0.6) is 0 Å². The molecule has 0 aliphatic heterocycles. The molecule has 3 N–H and O–H groups in total. The van der Waals surface area contributed by atoms with Crippen LogP contribution in [0.3, 0.4) is 0 Å². The molecule has 6 aromatic rings. The minimum absolute atomic E-state index is 0.00857. The van der Waals surface area contributed by atoms with E-state index in [0.717, 1.165) is 22.6 Å². The van der Waals surface area contributed by atoms with Crippen molar-refractivity contribution >= 4 is 50.0 Å². The molecule has 0 fully saturated rings. The Morgan fingerprint density at radius 2 is 1.86 bits per heavy atom. The molecule has 218 valence electrons. The third-order valence-corrected chi connectivity index (χ3v) is 8.50. The SMILES string of the molecule is CCn1cc(-c2cc(C(F)F)nc3sc(C(N)=O)c(NC(=O)c4cc(-c5cnn(C)c5C)nc5ccccc45)c23)c(C)n1. The lowest BCUT2D eigenvalue weighted by Crippen LogP contribution is -2.17. The number of aryl methyl sites for hydroxylation is 3. The van der Waals surface area contributed by atoms with Gasteiger partial charge in [0, 0.05) is 47.4 Å². The van der Waals surface area contributed by atoms with E-state index in [1.54, 1.807) is 52.9 Å². The predicted molar refractivity (Wildman–Crippen MR) is 161 cm³/mol. The molecule has 0 aliphatic carbocycles. The first-order valence-electron chi connectivity index (χ1n) is 13.4. The van der Waals surface area contributed by atoms with Gasteiger partial charge in [-0.05, 0) is 44.5 Å². The number of pyridine rings is 2. The number of amides is 2. The van der Waals surface area contributed by atoms with Gasteiger partial charge in [0.15, 0.2) is 0 Å². The summed E-state index contributed by atoms with van der Waals surface area (Å²) in [6.45, 7) is 6.13. The Morgan fingerprint density at radius 1 is 1.09 bits per heavy atom. The number of thiophene rings is 1. The maximum Gasteiger partial charge on any atom is 0.280 e. The number of para-hydroxylation sites is 1. The van der Waals surface area contributed by atoms with Gasteiger partial charge in [0.25, 0.3) is 18.2 Å². The lowest BCUT2D eigenvalue weighted by Gasteiger charge is -2.13. The summed E-state index contributed by atoms with van der Waals surface area (Å²) in [6.07, 6.45) is 0.563. The third-order valence-electron chi connectivity index (χ3n) is 7.40. The molecule has 2 amide bonds. The molecule has 0 unspecified atom stereocenters. The largest absolute Gasteiger partial charge is 0.365 e. The minimum atomic E-state index is -2.86. The Bertz CT molecular complexity index is 2080. The summed E-state index contributed by atoms with van der Waals surface area (Å²) in [7, 11) is 1.82. The second-order valence-corrected chi connectivity index (χ2v) is 11.0. The molecule has 5 heterocycles. The molecule has 10 nitrogen and oxygen atoms in total. The average molecular weight is 601 g/mol. The molecule has 0 aliphatic rings. The van der Waals surface area contributed by atoms with Crippen molar-refractivity contribution in [3.05, 3.63) is 76.3 Å². The summed E-state index contributed by atoms with van der Waals surface area (Å²) in [6, 6.07) is 10.2. The number of primary amides is 1. The lowest BCUT2D eigenvalue weighted by molar-refractivity contribution is 0.100. The molecule has 0 radical (unpaired) electrons. The summed E-state index contributed by atoms with van der Waals surface area (Å²) >= 11 is 0.852. The molecule has 1 aromatic carbocycles. The van der Waals surface area contributed by atoms with E-state index in [-0.39, 0.29) is 15.4 Å². The van der Waals surface area contributed by atoms with Crippen LogP contribution in [0.15, 0.2) is 48.8 Å². The van der Waals surface area contributed by atoms with Crippen LogP contribution < -0.4 is 11.1 Å². The normalized spacial score (nSPS) is 11.6.